The minimum absolute atomic E-state index is 0.176. The Bertz CT molecular complexity index is 562. The number of aliphatic hydroxyl groups excluding tert-OH is 1. The number of benzene rings is 1. The van der Waals surface area contributed by atoms with Gasteiger partial charge in [-0.05, 0) is 39.8 Å². The van der Waals surface area contributed by atoms with Gasteiger partial charge in [0.15, 0.2) is 0 Å². The Morgan fingerprint density at radius 1 is 1.17 bits per heavy atom. The molecular weight excluding hydrogens is 250 g/mol. The third-order valence-electron chi connectivity index (χ3n) is 4.09. The van der Waals surface area contributed by atoms with Crippen molar-refractivity contribution in [1.82, 2.24) is 4.31 Å². The van der Waals surface area contributed by atoms with Gasteiger partial charge >= 0.3 is 0 Å². The van der Waals surface area contributed by atoms with Crippen LogP contribution < -0.4 is 0 Å². The number of sulfonamides is 1. The minimum Gasteiger partial charge on any atom is -0.394 e. The molecule has 2 rings (SSSR count). The summed E-state index contributed by atoms with van der Waals surface area (Å²) in [6.45, 7) is 7.16. The zero-order valence-corrected chi connectivity index (χ0v) is 12.0. The number of aryl methyl sites for hydroxylation is 1. The standard InChI is InChI=1S/C13H19NO3S/c1-10-5-7-11(8-6-10)18(16,17)14-12(2,3)13(14,4)9-15/h5-8,15H,9H2,1-4H3. The SMILES string of the molecule is Cc1ccc(S(=O)(=O)N2C(C)(C)C2(C)CO)cc1. The van der Waals surface area contributed by atoms with Crippen molar-refractivity contribution in [3.05, 3.63) is 29.8 Å². The molecule has 0 aromatic heterocycles. The second-order valence-electron chi connectivity index (χ2n) is 5.57. The molecule has 1 aliphatic rings. The Morgan fingerprint density at radius 3 is 2.06 bits per heavy atom. The summed E-state index contributed by atoms with van der Waals surface area (Å²) < 4.78 is 26.4. The number of aliphatic hydroxyl groups is 1. The monoisotopic (exact) mass is 269 g/mol. The third kappa shape index (κ3) is 1.61. The lowest BCUT2D eigenvalue weighted by Crippen LogP contribution is -2.24. The molecule has 1 aromatic rings. The average Bonchev–Trinajstić information content (AvgIpc) is 2.75. The number of rotatable bonds is 3. The van der Waals surface area contributed by atoms with Crippen LogP contribution in [-0.4, -0.2) is 35.5 Å². The molecule has 1 aliphatic heterocycles. The van der Waals surface area contributed by atoms with Gasteiger partial charge in [0.25, 0.3) is 0 Å². The smallest absolute Gasteiger partial charge is 0.244 e. The lowest BCUT2D eigenvalue weighted by atomic mass is 10.00. The van der Waals surface area contributed by atoms with Gasteiger partial charge in [0.2, 0.25) is 10.0 Å². The first-order chi connectivity index (χ1) is 8.18. The van der Waals surface area contributed by atoms with Crippen LogP contribution in [0.3, 0.4) is 0 Å². The van der Waals surface area contributed by atoms with Gasteiger partial charge in [-0.25, -0.2) is 8.42 Å². The highest BCUT2D eigenvalue weighted by molar-refractivity contribution is 7.89. The topological polar surface area (TPSA) is 57.4 Å². The Kier molecular flexibility index (Phi) is 2.85. The van der Waals surface area contributed by atoms with E-state index in [1.807, 2.05) is 20.8 Å². The van der Waals surface area contributed by atoms with Gasteiger partial charge in [-0.2, -0.15) is 4.31 Å². The van der Waals surface area contributed by atoms with E-state index in [1.165, 1.54) is 4.31 Å². The molecule has 1 heterocycles. The quantitative estimate of drug-likeness (QED) is 0.847. The summed E-state index contributed by atoms with van der Waals surface area (Å²) in [5.41, 5.74) is -0.244. The van der Waals surface area contributed by atoms with Crippen molar-refractivity contribution in [3.8, 4) is 0 Å². The average molecular weight is 269 g/mol. The summed E-state index contributed by atoms with van der Waals surface area (Å²) in [6.07, 6.45) is 0. The molecule has 1 N–H and O–H groups in total. The summed E-state index contributed by atoms with van der Waals surface area (Å²) in [5, 5.41) is 9.42. The largest absolute Gasteiger partial charge is 0.394 e. The van der Waals surface area contributed by atoms with Crippen molar-refractivity contribution in [2.75, 3.05) is 6.61 Å². The summed E-state index contributed by atoms with van der Waals surface area (Å²) in [7, 11) is -3.54. The maximum absolute atomic E-state index is 12.5. The molecule has 0 spiro atoms. The van der Waals surface area contributed by atoms with Crippen LogP contribution in [0.2, 0.25) is 0 Å². The van der Waals surface area contributed by atoms with Crippen molar-refractivity contribution in [1.29, 1.82) is 0 Å². The van der Waals surface area contributed by atoms with Crippen LogP contribution in [0.15, 0.2) is 29.2 Å². The highest BCUT2D eigenvalue weighted by Gasteiger charge is 2.71. The maximum Gasteiger partial charge on any atom is 0.244 e. The van der Waals surface area contributed by atoms with Crippen LogP contribution in [0, 0.1) is 6.92 Å². The first-order valence-corrected chi connectivity index (χ1v) is 7.35. The molecule has 18 heavy (non-hydrogen) atoms. The molecule has 2 unspecified atom stereocenters. The van der Waals surface area contributed by atoms with Gasteiger partial charge < -0.3 is 5.11 Å². The zero-order valence-electron chi connectivity index (χ0n) is 11.1. The van der Waals surface area contributed by atoms with Crippen LogP contribution in [0.4, 0.5) is 0 Å². The lowest BCUT2D eigenvalue weighted by molar-refractivity contribution is 0.239. The molecule has 0 bridgehead atoms. The molecule has 0 aliphatic carbocycles. The molecule has 0 radical (unpaired) electrons. The third-order valence-corrected chi connectivity index (χ3v) is 6.30. The molecule has 1 aromatic carbocycles. The van der Waals surface area contributed by atoms with Crippen LogP contribution in [0.5, 0.6) is 0 Å². The van der Waals surface area contributed by atoms with Gasteiger partial charge in [-0.15, -0.1) is 0 Å². The fourth-order valence-electron chi connectivity index (χ4n) is 2.42. The van der Waals surface area contributed by atoms with Gasteiger partial charge in [-0.3, -0.25) is 0 Å². The van der Waals surface area contributed by atoms with E-state index in [0.29, 0.717) is 0 Å². The van der Waals surface area contributed by atoms with E-state index in [-0.39, 0.29) is 11.5 Å². The molecule has 0 saturated carbocycles. The molecule has 0 amide bonds. The Labute approximate surface area is 108 Å². The van der Waals surface area contributed by atoms with Crippen LogP contribution in [-0.2, 0) is 10.0 Å². The molecule has 5 heteroatoms. The van der Waals surface area contributed by atoms with E-state index < -0.39 is 21.1 Å². The van der Waals surface area contributed by atoms with Crippen molar-refractivity contribution >= 4 is 10.0 Å². The normalized spacial score (nSPS) is 30.2. The number of nitrogens with zero attached hydrogens (tertiary/aromatic N) is 1. The number of hydrogen-bond acceptors (Lipinski definition) is 3. The number of hydrogen-bond donors (Lipinski definition) is 1. The first-order valence-electron chi connectivity index (χ1n) is 5.91. The van der Waals surface area contributed by atoms with Crippen molar-refractivity contribution in [2.45, 2.75) is 43.7 Å². The predicted octanol–water partition coefficient (Wildman–Crippen LogP) is 1.53. The van der Waals surface area contributed by atoms with Crippen LogP contribution in [0.1, 0.15) is 26.3 Å². The molecule has 2 atom stereocenters. The van der Waals surface area contributed by atoms with E-state index >= 15 is 0 Å². The Morgan fingerprint density at radius 2 is 1.67 bits per heavy atom. The predicted molar refractivity (Wildman–Crippen MR) is 69.8 cm³/mol. The van der Waals surface area contributed by atoms with E-state index in [2.05, 4.69) is 0 Å². The van der Waals surface area contributed by atoms with Gasteiger partial charge in [0.05, 0.1) is 22.6 Å². The highest BCUT2D eigenvalue weighted by Crippen LogP contribution is 2.54. The molecule has 1 fully saturated rings. The lowest BCUT2D eigenvalue weighted by Gasteiger charge is -2.10. The van der Waals surface area contributed by atoms with Crippen molar-refractivity contribution in [3.63, 3.8) is 0 Å². The van der Waals surface area contributed by atoms with E-state index in [4.69, 9.17) is 0 Å². The zero-order chi connectivity index (χ0) is 13.8. The molecular formula is C13H19NO3S. The van der Waals surface area contributed by atoms with Crippen molar-refractivity contribution in [2.24, 2.45) is 0 Å². The summed E-state index contributed by atoms with van der Waals surface area (Å²) >= 11 is 0. The molecule has 100 valence electrons. The minimum atomic E-state index is -3.54. The summed E-state index contributed by atoms with van der Waals surface area (Å²) in [4.78, 5) is 0.276. The second-order valence-corrected chi connectivity index (χ2v) is 7.36. The Hall–Kier alpha value is -0.910. The summed E-state index contributed by atoms with van der Waals surface area (Å²) in [5.74, 6) is 0. The van der Waals surface area contributed by atoms with Crippen LogP contribution in [0.25, 0.3) is 0 Å². The van der Waals surface area contributed by atoms with Gasteiger partial charge in [-0.1, -0.05) is 17.7 Å². The fraction of sp³-hybridized carbons (Fsp3) is 0.538. The molecule has 1 saturated heterocycles. The Balaban J connectivity index is 2.44. The fourth-order valence-corrected chi connectivity index (χ4v) is 4.68. The van der Waals surface area contributed by atoms with Gasteiger partial charge in [0.1, 0.15) is 0 Å². The molecule has 4 nitrogen and oxygen atoms in total. The second kappa shape index (κ2) is 3.79. The first kappa shape index (κ1) is 13.5. The van der Waals surface area contributed by atoms with E-state index in [1.54, 1.807) is 31.2 Å². The van der Waals surface area contributed by atoms with Crippen molar-refractivity contribution < 1.29 is 13.5 Å². The van der Waals surface area contributed by atoms with Crippen LogP contribution >= 0.6 is 0 Å². The highest BCUT2D eigenvalue weighted by atomic mass is 32.2. The maximum atomic E-state index is 12.5. The van der Waals surface area contributed by atoms with E-state index in [9.17, 15) is 13.5 Å². The van der Waals surface area contributed by atoms with Gasteiger partial charge in [0, 0.05) is 0 Å². The van der Waals surface area contributed by atoms with E-state index in [0.717, 1.165) is 5.56 Å². The summed E-state index contributed by atoms with van der Waals surface area (Å²) in [6, 6.07) is 6.77.